The fourth-order valence-corrected chi connectivity index (χ4v) is 3.16. The van der Waals surface area contributed by atoms with Gasteiger partial charge in [0.15, 0.2) is 5.13 Å². The largest absolute Gasteiger partial charge is 0.497 e. The number of nitrogens with two attached hydrogens (primary N) is 1. The monoisotopic (exact) mass is 339 g/mol. The lowest BCUT2D eigenvalue weighted by molar-refractivity contribution is 0.104. The molecule has 122 valence electrons. The van der Waals surface area contributed by atoms with Crippen LogP contribution in [0.15, 0.2) is 48.5 Å². The Kier molecular flexibility index (Phi) is 4.48. The summed E-state index contributed by atoms with van der Waals surface area (Å²) in [6.07, 6.45) is 0. The number of ether oxygens (including phenoxy) is 1. The number of ketones is 1. The molecule has 3 N–H and O–H groups in total. The van der Waals surface area contributed by atoms with Crippen LogP contribution >= 0.6 is 11.3 Å². The maximum absolute atomic E-state index is 12.7. The zero-order chi connectivity index (χ0) is 17.1. The molecule has 1 heterocycles. The molecule has 3 aromatic rings. The van der Waals surface area contributed by atoms with Crippen molar-refractivity contribution < 1.29 is 9.53 Å². The van der Waals surface area contributed by atoms with Gasteiger partial charge in [-0.1, -0.05) is 35.6 Å². The molecule has 0 aliphatic rings. The summed E-state index contributed by atoms with van der Waals surface area (Å²) in [6, 6.07) is 14.9. The van der Waals surface area contributed by atoms with Crippen molar-refractivity contribution in [1.29, 1.82) is 0 Å². The smallest absolute Gasteiger partial charge is 0.206 e. The minimum absolute atomic E-state index is 0.166. The Labute approximate surface area is 144 Å². The zero-order valence-corrected chi connectivity index (χ0v) is 14.2. The highest BCUT2D eigenvalue weighted by atomic mass is 32.1. The summed E-state index contributed by atoms with van der Waals surface area (Å²) < 4.78 is 5.16. The Hall–Kier alpha value is -2.86. The SMILES string of the molecule is COc1cccc(C(=O)c2sc(Nc3cccc(C)c3)nc2N)c1. The van der Waals surface area contributed by atoms with E-state index in [4.69, 9.17) is 10.5 Å². The average Bonchev–Trinajstić information content (AvgIpc) is 2.94. The number of aryl methyl sites for hydroxylation is 1. The van der Waals surface area contributed by atoms with Gasteiger partial charge in [-0.15, -0.1) is 0 Å². The molecule has 0 fully saturated rings. The van der Waals surface area contributed by atoms with Gasteiger partial charge in [-0.2, -0.15) is 0 Å². The van der Waals surface area contributed by atoms with Gasteiger partial charge in [-0.05, 0) is 36.8 Å². The van der Waals surface area contributed by atoms with E-state index in [2.05, 4.69) is 10.3 Å². The number of nitrogens with zero attached hydrogens (tertiary/aromatic N) is 1. The number of carbonyl (C=O) groups excluding carboxylic acids is 1. The fourth-order valence-electron chi connectivity index (χ4n) is 2.29. The molecule has 1 aromatic heterocycles. The van der Waals surface area contributed by atoms with Crippen molar-refractivity contribution in [1.82, 2.24) is 4.98 Å². The van der Waals surface area contributed by atoms with Gasteiger partial charge < -0.3 is 15.8 Å². The first-order chi connectivity index (χ1) is 11.6. The number of hydrogen-bond donors (Lipinski definition) is 2. The lowest BCUT2D eigenvalue weighted by Gasteiger charge is -2.03. The number of rotatable bonds is 5. The molecule has 0 amide bonds. The molecule has 0 bridgehead atoms. The van der Waals surface area contributed by atoms with E-state index in [0.717, 1.165) is 11.3 Å². The minimum atomic E-state index is -0.166. The van der Waals surface area contributed by atoms with Crippen LogP contribution in [0.3, 0.4) is 0 Å². The highest BCUT2D eigenvalue weighted by Crippen LogP contribution is 2.30. The molecule has 6 heteroatoms. The van der Waals surface area contributed by atoms with Crippen LogP contribution in [0.4, 0.5) is 16.6 Å². The second-order valence-electron chi connectivity index (χ2n) is 5.29. The molecule has 5 nitrogen and oxygen atoms in total. The van der Waals surface area contributed by atoms with Crippen LogP contribution in [0, 0.1) is 6.92 Å². The Morgan fingerprint density at radius 3 is 2.75 bits per heavy atom. The third-order valence-electron chi connectivity index (χ3n) is 3.46. The normalized spacial score (nSPS) is 10.4. The lowest BCUT2D eigenvalue weighted by Crippen LogP contribution is -2.02. The number of nitrogen functional groups attached to an aromatic ring is 1. The van der Waals surface area contributed by atoms with Crippen LogP contribution in [0.1, 0.15) is 20.8 Å². The highest BCUT2D eigenvalue weighted by Gasteiger charge is 2.18. The van der Waals surface area contributed by atoms with Crippen LogP contribution in [0.5, 0.6) is 5.75 Å². The van der Waals surface area contributed by atoms with Crippen molar-refractivity contribution in [3.8, 4) is 5.75 Å². The third kappa shape index (κ3) is 3.38. The Bertz CT molecular complexity index is 889. The first kappa shape index (κ1) is 16.0. The quantitative estimate of drug-likeness (QED) is 0.687. The third-order valence-corrected chi connectivity index (χ3v) is 4.45. The van der Waals surface area contributed by atoms with Gasteiger partial charge in [-0.25, -0.2) is 4.98 Å². The van der Waals surface area contributed by atoms with Gasteiger partial charge in [-0.3, -0.25) is 4.79 Å². The van der Waals surface area contributed by atoms with E-state index >= 15 is 0 Å². The number of aromatic nitrogens is 1. The molecule has 0 atom stereocenters. The van der Waals surface area contributed by atoms with Gasteiger partial charge in [0.05, 0.1) is 7.11 Å². The van der Waals surface area contributed by atoms with Crippen LogP contribution in [0.2, 0.25) is 0 Å². The maximum Gasteiger partial charge on any atom is 0.206 e. The van der Waals surface area contributed by atoms with Crippen LogP contribution < -0.4 is 15.8 Å². The first-order valence-electron chi connectivity index (χ1n) is 7.35. The van der Waals surface area contributed by atoms with Gasteiger partial charge in [0.25, 0.3) is 0 Å². The minimum Gasteiger partial charge on any atom is -0.497 e. The maximum atomic E-state index is 12.7. The van der Waals surface area contributed by atoms with Crippen LogP contribution in [0.25, 0.3) is 0 Å². The van der Waals surface area contributed by atoms with Crippen molar-refractivity contribution in [2.45, 2.75) is 6.92 Å². The van der Waals surface area contributed by atoms with Crippen molar-refractivity contribution in [2.24, 2.45) is 0 Å². The molecule has 24 heavy (non-hydrogen) atoms. The van der Waals surface area contributed by atoms with E-state index < -0.39 is 0 Å². The molecule has 0 saturated heterocycles. The van der Waals surface area contributed by atoms with E-state index in [0.29, 0.717) is 21.3 Å². The molecule has 0 aliphatic heterocycles. The van der Waals surface area contributed by atoms with E-state index in [9.17, 15) is 4.79 Å². The van der Waals surface area contributed by atoms with Crippen molar-refractivity contribution in [2.75, 3.05) is 18.2 Å². The number of benzene rings is 2. The topological polar surface area (TPSA) is 77.2 Å². The molecule has 3 rings (SSSR count). The summed E-state index contributed by atoms with van der Waals surface area (Å²) >= 11 is 1.24. The Morgan fingerprint density at radius 2 is 2.00 bits per heavy atom. The van der Waals surface area contributed by atoms with Crippen LogP contribution in [-0.2, 0) is 0 Å². The summed E-state index contributed by atoms with van der Waals surface area (Å²) in [7, 11) is 1.56. The standard InChI is InChI=1S/C18H17N3O2S/c1-11-5-3-7-13(9-11)20-18-21-17(19)16(24-18)15(22)12-6-4-8-14(10-12)23-2/h3-10H,19H2,1-2H3,(H,20,21). The molecular weight excluding hydrogens is 322 g/mol. The second-order valence-corrected chi connectivity index (χ2v) is 6.29. The van der Waals surface area contributed by atoms with Crippen molar-refractivity contribution in [3.63, 3.8) is 0 Å². The molecule has 0 spiro atoms. The Balaban J connectivity index is 1.86. The Morgan fingerprint density at radius 1 is 1.21 bits per heavy atom. The highest BCUT2D eigenvalue weighted by molar-refractivity contribution is 7.18. The summed E-state index contributed by atoms with van der Waals surface area (Å²) in [5.41, 5.74) is 8.50. The second kappa shape index (κ2) is 6.72. The number of nitrogens with one attached hydrogen (secondary N) is 1. The number of methoxy groups -OCH3 is 1. The van der Waals surface area contributed by atoms with Crippen molar-refractivity contribution in [3.05, 3.63) is 64.5 Å². The summed E-state index contributed by atoms with van der Waals surface area (Å²) in [6.45, 7) is 2.01. The molecule has 0 saturated carbocycles. The number of anilines is 3. The van der Waals surface area contributed by atoms with Crippen molar-refractivity contribution >= 4 is 33.8 Å². The van der Waals surface area contributed by atoms with E-state index in [-0.39, 0.29) is 11.6 Å². The van der Waals surface area contributed by atoms with E-state index in [1.807, 2.05) is 31.2 Å². The van der Waals surface area contributed by atoms with E-state index in [1.54, 1.807) is 31.4 Å². The average molecular weight is 339 g/mol. The number of hydrogen-bond acceptors (Lipinski definition) is 6. The predicted molar refractivity (Wildman–Crippen MR) is 97.4 cm³/mol. The van der Waals surface area contributed by atoms with E-state index in [1.165, 1.54) is 11.3 Å². The summed E-state index contributed by atoms with van der Waals surface area (Å²) in [4.78, 5) is 17.3. The predicted octanol–water partition coefficient (Wildman–Crippen LogP) is 4.02. The zero-order valence-electron chi connectivity index (χ0n) is 13.4. The first-order valence-corrected chi connectivity index (χ1v) is 8.17. The van der Waals surface area contributed by atoms with Gasteiger partial charge in [0.2, 0.25) is 5.78 Å². The van der Waals surface area contributed by atoms with Gasteiger partial charge in [0.1, 0.15) is 16.4 Å². The van der Waals surface area contributed by atoms with Gasteiger partial charge >= 0.3 is 0 Å². The summed E-state index contributed by atoms with van der Waals surface area (Å²) in [5, 5.41) is 3.77. The molecular formula is C18H17N3O2S. The molecule has 0 aliphatic carbocycles. The van der Waals surface area contributed by atoms with Crippen LogP contribution in [-0.4, -0.2) is 17.9 Å². The molecule has 0 unspecified atom stereocenters. The number of carbonyl (C=O) groups is 1. The number of thiazole rings is 1. The molecule has 2 aromatic carbocycles. The summed E-state index contributed by atoms with van der Waals surface area (Å²) in [5.74, 6) is 0.686. The molecule has 0 radical (unpaired) electrons. The fraction of sp³-hybridized carbons (Fsp3) is 0.111. The lowest BCUT2D eigenvalue weighted by atomic mass is 10.1. The van der Waals surface area contributed by atoms with Gasteiger partial charge in [0, 0.05) is 11.3 Å².